The van der Waals surface area contributed by atoms with Crippen molar-refractivity contribution in [3.8, 4) is 0 Å². The van der Waals surface area contributed by atoms with E-state index in [9.17, 15) is 0 Å². The van der Waals surface area contributed by atoms with Crippen LogP contribution < -0.4 is 0 Å². The van der Waals surface area contributed by atoms with Crippen LogP contribution in [0.5, 0.6) is 0 Å². The molecule has 2 rings (SSSR count). The summed E-state index contributed by atoms with van der Waals surface area (Å²) in [7, 11) is 0. The number of likely N-dealkylation sites (tertiary alicyclic amines) is 1. The second-order valence-electron chi connectivity index (χ2n) is 7.29. The van der Waals surface area contributed by atoms with Crippen molar-refractivity contribution < 1.29 is 0 Å². The van der Waals surface area contributed by atoms with Crippen molar-refractivity contribution in [2.24, 2.45) is 11.3 Å². The third kappa shape index (κ3) is 5.36. The maximum absolute atomic E-state index is 2.64. The van der Waals surface area contributed by atoms with E-state index in [4.69, 9.17) is 0 Å². The van der Waals surface area contributed by atoms with Gasteiger partial charge in [0.05, 0.1) is 0 Å². The summed E-state index contributed by atoms with van der Waals surface area (Å²) < 4.78 is 0. The van der Waals surface area contributed by atoms with Crippen molar-refractivity contribution in [3.05, 3.63) is 35.9 Å². The minimum absolute atomic E-state index is 0.497. The molecule has 0 spiro atoms. The Labute approximate surface area is 119 Å². The zero-order chi connectivity index (χ0) is 13.7. The molecular weight excluding hydrogens is 230 g/mol. The molecule has 1 saturated heterocycles. The summed E-state index contributed by atoms with van der Waals surface area (Å²) in [6.07, 6.45) is 5.38. The van der Waals surface area contributed by atoms with E-state index in [1.165, 1.54) is 50.9 Å². The van der Waals surface area contributed by atoms with E-state index in [1.54, 1.807) is 0 Å². The molecule has 1 nitrogen and oxygen atoms in total. The fraction of sp³-hybridized carbons (Fsp3) is 0.667. The SMILES string of the molecule is CC(C)(C)CC1CCN(CCc2ccccc2)CC1. The molecule has 1 aliphatic heterocycles. The van der Waals surface area contributed by atoms with E-state index in [0.29, 0.717) is 5.41 Å². The van der Waals surface area contributed by atoms with Crippen LogP contribution in [-0.2, 0) is 6.42 Å². The average Bonchev–Trinajstić information content (AvgIpc) is 2.37. The van der Waals surface area contributed by atoms with Crippen molar-refractivity contribution in [2.75, 3.05) is 19.6 Å². The Kier molecular flexibility index (Phi) is 5.04. The molecule has 0 atom stereocenters. The molecule has 1 aliphatic rings. The summed E-state index contributed by atoms with van der Waals surface area (Å²) in [5.74, 6) is 0.952. The van der Waals surface area contributed by atoms with Crippen molar-refractivity contribution in [1.82, 2.24) is 4.90 Å². The number of rotatable bonds is 4. The molecule has 19 heavy (non-hydrogen) atoms. The van der Waals surface area contributed by atoms with Crippen LogP contribution >= 0.6 is 0 Å². The molecule has 0 aliphatic carbocycles. The van der Waals surface area contributed by atoms with Crippen LogP contribution in [0.25, 0.3) is 0 Å². The van der Waals surface area contributed by atoms with E-state index < -0.39 is 0 Å². The lowest BCUT2D eigenvalue weighted by atomic mass is 9.80. The maximum atomic E-state index is 2.64. The summed E-state index contributed by atoms with van der Waals surface area (Å²) >= 11 is 0. The molecule has 1 heterocycles. The van der Waals surface area contributed by atoms with Gasteiger partial charge in [-0.1, -0.05) is 51.1 Å². The van der Waals surface area contributed by atoms with Crippen molar-refractivity contribution in [2.45, 2.75) is 46.5 Å². The van der Waals surface area contributed by atoms with Crippen molar-refractivity contribution in [1.29, 1.82) is 0 Å². The highest BCUT2D eigenvalue weighted by atomic mass is 15.1. The zero-order valence-corrected chi connectivity index (χ0v) is 12.9. The number of hydrogen-bond donors (Lipinski definition) is 0. The summed E-state index contributed by atoms with van der Waals surface area (Å²) in [5.41, 5.74) is 1.97. The van der Waals surface area contributed by atoms with Crippen molar-refractivity contribution in [3.63, 3.8) is 0 Å². The normalized spacial score (nSPS) is 18.7. The van der Waals surface area contributed by atoms with Gasteiger partial charge in [0.15, 0.2) is 0 Å². The predicted molar refractivity (Wildman–Crippen MR) is 83.4 cm³/mol. The van der Waals surface area contributed by atoms with Crippen LogP contribution in [0.3, 0.4) is 0 Å². The fourth-order valence-corrected chi connectivity index (χ4v) is 3.21. The van der Waals surface area contributed by atoms with E-state index in [0.717, 1.165) is 5.92 Å². The van der Waals surface area contributed by atoms with Gasteiger partial charge < -0.3 is 4.90 Å². The van der Waals surface area contributed by atoms with Crippen LogP contribution in [0.2, 0.25) is 0 Å². The van der Waals surface area contributed by atoms with E-state index in [1.807, 2.05) is 0 Å². The van der Waals surface area contributed by atoms with Crippen molar-refractivity contribution >= 4 is 0 Å². The molecule has 0 aromatic heterocycles. The quantitative estimate of drug-likeness (QED) is 0.775. The van der Waals surface area contributed by atoms with Gasteiger partial charge in [0.2, 0.25) is 0 Å². The smallest absolute Gasteiger partial charge is 0.00218 e. The maximum Gasteiger partial charge on any atom is 0.00218 e. The van der Waals surface area contributed by atoms with Crippen LogP contribution in [0.4, 0.5) is 0 Å². The highest BCUT2D eigenvalue weighted by molar-refractivity contribution is 5.14. The van der Waals surface area contributed by atoms with Crippen LogP contribution in [0, 0.1) is 11.3 Å². The van der Waals surface area contributed by atoms with E-state index >= 15 is 0 Å². The predicted octanol–water partition coefficient (Wildman–Crippen LogP) is 4.38. The summed E-state index contributed by atoms with van der Waals surface area (Å²) in [6, 6.07) is 10.9. The summed E-state index contributed by atoms with van der Waals surface area (Å²) in [6.45, 7) is 10.9. The Morgan fingerprint density at radius 3 is 2.26 bits per heavy atom. The van der Waals surface area contributed by atoms with Gasteiger partial charge in [-0.05, 0) is 55.7 Å². The van der Waals surface area contributed by atoms with E-state index in [-0.39, 0.29) is 0 Å². The first-order chi connectivity index (χ1) is 9.03. The lowest BCUT2D eigenvalue weighted by Crippen LogP contribution is -2.36. The molecule has 0 amide bonds. The molecule has 0 unspecified atom stereocenters. The standard InChI is InChI=1S/C18H29N/c1-18(2,3)15-17-10-13-19(14-11-17)12-9-16-7-5-4-6-8-16/h4-8,17H,9-15H2,1-3H3. The van der Waals surface area contributed by atoms with Gasteiger partial charge in [-0.3, -0.25) is 0 Å². The third-order valence-electron chi connectivity index (χ3n) is 4.17. The molecule has 0 bridgehead atoms. The third-order valence-corrected chi connectivity index (χ3v) is 4.17. The Hall–Kier alpha value is -0.820. The van der Waals surface area contributed by atoms with Gasteiger partial charge in [0, 0.05) is 6.54 Å². The second-order valence-corrected chi connectivity index (χ2v) is 7.29. The second kappa shape index (κ2) is 6.56. The van der Waals surface area contributed by atoms with Gasteiger partial charge in [-0.15, -0.1) is 0 Å². The summed E-state index contributed by atoms with van der Waals surface area (Å²) in [5, 5.41) is 0. The van der Waals surface area contributed by atoms with Gasteiger partial charge in [-0.25, -0.2) is 0 Å². The molecular formula is C18H29N. The fourth-order valence-electron chi connectivity index (χ4n) is 3.21. The molecule has 1 aromatic rings. The number of benzene rings is 1. The van der Waals surface area contributed by atoms with Crippen LogP contribution in [0.15, 0.2) is 30.3 Å². The minimum atomic E-state index is 0.497. The zero-order valence-electron chi connectivity index (χ0n) is 12.9. The highest BCUT2D eigenvalue weighted by Gasteiger charge is 2.23. The van der Waals surface area contributed by atoms with Gasteiger partial charge in [0.25, 0.3) is 0 Å². The summed E-state index contributed by atoms with van der Waals surface area (Å²) in [4.78, 5) is 2.64. The molecule has 0 saturated carbocycles. The molecule has 1 fully saturated rings. The Bertz CT molecular complexity index is 355. The number of piperidine rings is 1. The molecule has 0 radical (unpaired) electrons. The van der Waals surface area contributed by atoms with Gasteiger partial charge >= 0.3 is 0 Å². The first-order valence-electron chi connectivity index (χ1n) is 7.79. The Morgan fingerprint density at radius 1 is 1.05 bits per heavy atom. The monoisotopic (exact) mass is 259 g/mol. The molecule has 1 heteroatoms. The molecule has 106 valence electrons. The minimum Gasteiger partial charge on any atom is -0.303 e. The average molecular weight is 259 g/mol. The molecule has 0 N–H and O–H groups in total. The van der Waals surface area contributed by atoms with Gasteiger partial charge in [0.1, 0.15) is 0 Å². The highest BCUT2D eigenvalue weighted by Crippen LogP contribution is 2.30. The number of nitrogens with zero attached hydrogens (tertiary/aromatic N) is 1. The first kappa shape index (κ1) is 14.6. The first-order valence-corrected chi connectivity index (χ1v) is 7.79. The Morgan fingerprint density at radius 2 is 1.68 bits per heavy atom. The molecule has 1 aromatic carbocycles. The van der Waals surface area contributed by atoms with Gasteiger partial charge in [-0.2, -0.15) is 0 Å². The number of hydrogen-bond acceptors (Lipinski definition) is 1. The topological polar surface area (TPSA) is 3.24 Å². The van der Waals surface area contributed by atoms with E-state index in [2.05, 4.69) is 56.0 Å². The Balaban J connectivity index is 1.69. The largest absolute Gasteiger partial charge is 0.303 e. The van der Waals surface area contributed by atoms with Crippen LogP contribution in [-0.4, -0.2) is 24.5 Å². The van der Waals surface area contributed by atoms with Crippen LogP contribution in [0.1, 0.15) is 45.6 Å². The lowest BCUT2D eigenvalue weighted by Gasteiger charge is -2.35. The lowest BCUT2D eigenvalue weighted by molar-refractivity contribution is 0.154.